The molecule has 1 aromatic carbocycles. The van der Waals surface area contributed by atoms with E-state index in [1.165, 1.54) is 24.7 Å². The summed E-state index contributed by atoms with van der Waals surface area (Å²) in [5, 5.41) is 0.413. The van der Waals surface area contributed by atoms with Crippen molar-refractivity contribution in [2.45, 2.75) is 26.3 Å². The molecule has 5 nitrogen and oxygen atoms in total. The minimum absolute atomic E-state index is 0.201. The van der Waals surface area contributed by atoms with Gasteiger partial charge in [0.25, 0.3) is 5.91 Å². The van der Waals surface area contributed by atoms with Gasteiger partial charge in [-0.15, -0.1) is 0 Å². The number of rotatable bonds is 3. The normalized spacial score (nSPS) is 12.3. The molecular formula is C16H17ClN2O3S. The van der Waals surface area contributed by atoms with Crippen LogP contribution in [0.25, 0.3) is 0 Å². The standard InChI is InChI=1S/C16H17ClN2O3S/c1-16(2,3)19-8-10(9-20)15(23-19)18-14(21)12-7-11(17)5-6-13(12)22-4/h5-9H,1-4H3. The van der Waals surface area contributed by atoms with Gasteiger partial charge in [0.15, 0.2) is 6.29 Å². The van der Waals surface area contributed by atoms with Gasteiger partial charge in [-0.1, -0.05) is 11.6 Å². The number of aromatic nitrogens is 1. The molecule has 23 heavy (non-hydrogen) atoms. The molecule has 0 saturated heterocycles. The van der Waals surface area contributed by atoms with Crippen molar-refractivity contribution in [1.29, 1.82) is 0 Å². The van der Waals surface area contributed by atoms with E-state index in [0.717, 1.165) is 0 Å². The highest BCUT2D eigenvalue weighted by molar-refractivity contribution is 7.04. The van der Waals surface area contributed by atoms with E-state index in [9.17, 15) is 9.59 Å². The highest BCUT2D eigenvalue weighted by atomic mass is 35.5. The van der Waals surface area contributed by atoms with Crippen LogP contribution in [0.3, 0.4) is 0 Å². The topological polar surface area (TPSA) is 60.7 Å². The summed E-state index contributed by atoms with van der Waals surface area (Å²) in [6, 6.07) is 4.74. The number of ether oxygens (including phenoxy) is 1. The Labute approximate surface area is 143 Å². The van der Waals surface area contributed by atoms with Crippen LogP contribution in [0.5, 0.6) is 5.75 Å². The maximum Gasteiger partial charge on any atom is 0.282 e. The fourth-order valence-electron chi connectivity index (χ4n) is 1.85. The Bertz CT molecular complexity index is 815. The fourth-order valence-corrected chi connectivity index (χ4v) is 2.98. The highest BCUT2D eigenvalue weighted by Gasteiger charge is 2.17. The first-order valence-electron chi connectivity index (χ1n) is 6.87. The predicted octanol–water partition coefficient (Wildman–Crippen LogP) is 3.52. The average molecular weight is 353 g/mol. The van der Waals surface area contributed by atoms with Gasteiger partial charge in [-0.25, -0.2) is 0 Å². The number of halogens is 1. The van der Waals surface area contributed by atoms with Crippen LogP contribution >= 0.6 is 23.1 Å². The van der Waals surface area contributed by atoms with Crippen molar-refractivity contribution >= 4 is 35.3 Å². The lowest BCUT2D eigenvalue weighted by Crippen LogP contribution is -2.18. The number of methoxy groups -OCH3 is 1. The molecule has 0 spiro atoms. The van der Waals surface area contributed by atoms with E-state index < -0.39 is 5.91 Å². The van der Waals surface area contributed by atoms with Gasteiger partial charge >= 0.3 is 0 Å². The number of benzene rings is 1. The zero-order valence-corrected chi connectivity index (χ0v) is 14.9. The second-order valence-electron chi connectivity index (χ2n) is 5.86. The molecule has 0 atom stereocenters. The SMILES string of the molecule is COc1ccc(Cl)cc1C(=O)N=c1sn(C(C)(C)C)cc1C=O. The molecule has 0 bridgehead atoms. The van der Waals surface area contributed by atoms with Crippen molar-refractivity contribution in [3.8, 4) is 5.75 Å². The van der Waals surface area contributed by atoms with Gasteiger partial charge in [0.05, 0.1) is 18.2 Å². The van der Waals surface area contributed by atoms with Crippen molar-refractivity contribution < 1.29 is 14.3 Å². The van der Waals surface area contributed by atoms with E-state index in [4.69, 9.17) is 16.3 Å². The van der Waals surface area contributed by atoms with Crippen LogP contribution in [0.4, 0.5) is 0 Å². The van der Waals surface area contributed by atoms with Crippen molar-refractivity contribution in [3.63, 3.8) is 0 Å². The van der Waals surface area contributed by atoms with Crippen LogP contribution in [-0.2, 0) is 5.54 Å². The van der Waals surface area contributed by atoms with Crippen molar-refractivity contribution in [2.24, 2.45) is 4.99 Å². The Morgan fingerprint density at radius 2 is 2.09 bits per heavy atom. The molecule has 0 aliphatic heterocycles. The van der Waals surface area contributed by atoms with Gasteiger partial charge in [-0.05, 0) is 50.5 Å². The predicted molar refractivity (Wildman–Crippen MR) is 90.6 cm³/mol. The van der Waals surface area contributed by atoms with Crippen molar-refractivity contribution in [3.05, 3.63) is 45.2 Å². The summed E-state index contributed by atoms with van der Waals surface area (Å²) < 4.78 is 7.41. The molecule has 2 rings (SSSR count). The van der Waals surface area contributed by atoms with Crippen LogP contribution in [0.1, 0.15) is 41.5 Å². The first kappa shape index (κ1) is 17.4. The van der Waals surface area contributed by atoms with E-state index in [2.05, 4.69) is 4.99 Å². The molecule has 1 amide bonds. The number of carbonyl (C=O) groups is 2. The zero-order valence-electron chi connectivity index (χ0n) is 13.3. The summed E-state index contributed by atoms with van der Waals surface area (Å²) in [5.74, 6) is -0.119. The minimum atomic E-state index is -0.504. The molecule has 0 saturated carbocycles. The Morgan fingerprint density at radius 3 is 2.65 bits per heavy atom. The van der Waals surface area contributed by atoms with E-state index in [1.54, 1.807) is 18.3 Å². The Hall–Kier alpha value is -1.92. The van der Waals surface area contributed by atoms with E-state index in [0.29, 0.717) is 27.3 Å². The summed E-state index contributed by atoms with van der Waals surface area (Å²) in [5.41, 5.74) is 0.430. The lowest BCUT2D eigenvalue weighted by Gasteiger charge is -2.18. The molecule has 1 heterocycles. The number of aldehydes is 1. The molecule has 0 aliphatic carbocycles. The Morgan fingerprint density at radius 1 is 1.39 bits per heavy atom. The lowest BCUT2D eigenvalue weighted by atomic mass is 10.1. The molecule has 0 N–H and O–H groups in total. The van der Waals surface area contributed by atoms with E-state index >= 15 is 0 Å². The zero-order chi connectivity index (χ0) is 17.2. The van der Waals surface area contributed by atoms with Crippen LogP contribution in [0.2, 0.25) is 5.02 Å². The highest BCUT2D eigenvalue weighted by Crippen LogP contribution is 2.23. The van der Waals surface area contributed by atoms with E-state index in [-0.39, 0.29) is 11.1 Å². The smallest absolute Gasteiger partial charge is 0.282 e. The van der Waals surface area contributed by atoms with Crippen molar-refractivity contribution in [1.82, 2.24) is 3.96 Å². The lowest BCUT2D eigenvalue weighted by molar-refractivity contribution is 0.0996. The first-order valence-corrected chi connectivity index (χ1v) is 8.02. The molecule has 7 heteroatoms. The quantitative estimate of drug-likeness (QED) is 0.794. The average Bonchev–Trinajstić information content (AvgIpc) is 2.90. The Kier molecular flexibility index (Phi) is 5.06. The number of hydrogen-bond donors (Lipinski definition) is 0. The summed E-state index contributed by atoms with van der Waals surface area (Å²) in [7, 11) is 1.47. The van der Waals surface area contributed by atoms with Crippen LogP contribution in [0, 0.1) is 0 Å². The molecule has 0 radical (unpaired) electrons. The van der Waals surface area contributed by atoms with E-state index in [1.807, 2.05) is 24.7 Å². The number of amides is 1. The summed E-state index contributed by atoms with van der Waals surface area (Å²) >= 11 is 7.19. The summed E-state index contributed by atoms with van der Waals surface area (Å²) in [6.45, 7) is 6.01. The van der Waals surface area contributed by atoms with Gasteiger partial charge in [0, 0.05) is 16.8 Å². The minimum Gasteiger partial charge on any atom is -0.496 e. The van der Waals surface area contributed by atoms with Gasteiger partial charge in [-0.3, -0.25) is 13.5 Å². The first-order chi connectivity index (χ1) is 10.8. The Balaban J connectivity index is 2.54. The molecule has 2 aromatic rings. The molecule has 122 valence electrons. The monoisotopic (exact) mass is 352 g/mol. The van der Waals surface area contributed by atoms with Crippen molar-refractivity contribution in [2.75, 3.05) is 7.11 Å². The largest absolute Gasteiger partial charge is 0.496 e. The van der Waals surface area contributed by atoms with Crippen LogP contribution < -0.4 is 9.41 Å². The number of hydrogen-bond acceptors (Lipinski definition) is 4. The molecule has 0 fully saturated rings. The van der Waals surface area contributed by atoms with Crippen LogP contribution in [-0.4, -0.2) is 23.3 Å². The third-order valence-corrected chi connectivity index (χ3v) is 4.66. The molecule has 1 aromatic heterocycles. The van der Waals surface area contributed by atoms with Gasteiger partial charge in [-0.2, -0.15) is 4.99 Å². The van der Waals surface area contributed by atoms with Gasteiger partial charge < -0.3 is 4.74 Å². The molecular weight excluding hydrogens is 336 g/mol. The molecule has 0 unspecified atom stereocenters. The summed E-state index contributed by atoms with van der Waals surface area (Å²) in [4.78, 5) is 27.8. The maximum absolute atomic E-state index is 12.4. The maximum atomic E-state index is 12.4. The number of carbonyl (C=O) groups excluding carboxylic acids is 2. The fraction of sp³-hybridized carbons (Fsp3) is 0.312. The second kappa shape index (κ2) is 6.68. The van der Waals surface area contributed by atoms with Gasteiger partial charge in [0.1, 0.15) is 10.4 Å². The summed E-state index contributed by atoms with van der Waals surface area (Å²) in [6.07, 6.45) is 2.39. The van der Waals surface area contributed by atoms with Crippen LogP contribution in [0.15, 0.2) is 29.4 Å². The van der Waals surface area contributed by atoms with Gasteiger partial charge in [0.2, 0.25) is 0 Å². The third kappa shape index (κ3) is 3.89. The third-order valence-electron chi connectivity index (χ3n) is 3.07. The number of nitrogens with zero attached hydrogens (tertiary/aromatic N) is 2. The molecule has 0 aliphatic rings. The second-order valence-corrected chi connectivity index (χ2v) is 7.26.